The normalized spacial score (nSPS) is 12.6. The first-order chi connectivity index (χ1) is 16.5. The lowest BCUT2D eigenvalue weighted by Gasteiger charge is -2.24. The van der Waals surface area contributed by atoms with Gasteiger partial charge in [-0.15, -0.1) is 0 Å². The van der Waals surface area contributed by atoms with Crippen molar-refractivity contribution in [2.24, 2.45) is 5.92 Å². The smallest absolute Gasteiger partial charge is 0.319 e. The third-order valence-electron chi connectivity index (χ3n) is 6.00. The van der Waals surface area contributed by atoms with Crippen molar-refractivity contribution in [3.63, 3.8) is 0 Å². The molecule has 0 heterocycles. The number of anilines is 1. The maximum absolute atomic E-state index is 13.1. The van der Waals surface area contributed by atoms with E-state index in [1.165, 1.54) is 11.1 Å². The van der Waals surface area contributed by atoms with Crippen LogP contribution >= 0.6 is 15.9 Å². The van der Waals surface area contributed by atoms with Gasteiger partial charge in [0.25, 0.3) is 0 Å². The molecule has 0 spiro atoms. The first-order valence-electron chi connectivity index (χ1n) is 11.7. The Labute approximate surface area is 210 Å². The van der Waals surface area contributed by atoms with E-state index < -0.39 is 12.1 Å². The molecule has 2 unspecified atom stereocenters. The Hall–Kier alpha value is -3.12. The average Bonchev–Trinajstić information content (AvgIpc) is 2.85. The van der Waals surface area contributed by atoms with Crippen LogP contribution in [0.15, 0.2) is 89.4 Å². The molecule has 0 aliphatic carbocycles. The predicted octanol–water partition coefficient (Wildman–Crippen LogP) is 6.32. The standard InChI is InChI=1S/C28H32BrN3O2/c1-3-20(2)26(32-28(34)31-24-16-10-15-23(29)19-24)27(33)30-18-17-25(21-11-6-4-7-12-21)22-13-8-5-9-14-22/h4-16,19-20,25-26H,3,17-18H2,1-2H3,(H,30,33)(H2,31,32,34). The molecule has 0 saturated carbocycles. The summed E-state index contributed by atoms with van der Waals surface area (Å²) in [4.78, 5) is 25.7. The molecule has 0 fully saturated rings. The molecule has 0 saturated heterocycles. The van der Waals surface area contributed by atoms with Crippen LogP contribution in [-0.2, 0) is 4.79 Å². The number of rotatable bonds is 10. The van der Waals surface area contributed by atoms with Gasteiger partial charge in [-0.05, 0) is 41.7 Å². The average molecular weight is 522 g/mol. The molecule has 3 aromatic carbocycles. The maximum atomic E-state index is 13.1. The lowest BCUT2D eigenvalue weighted by Crippen LogP contribution is -2.51. The molecule has 5 nitrogen and oxygen atoms in total. The van der Waals surface area contributed by atoms with Gasteiger partial charge in [0.2, 0.25) is 5.91 Å². The fourth-order valence-corrected chi connectivity index (χ4v) is 4.32. The van der Waals surface area contributed by atoms with Gasteiger partial charge in [0.15, 0.2) is 0 Å². The number of nitrogens with one attached hydrogen (secondary N) is 3. The van der Waals surface area contributed by atoms with E-state index >= 15 is 0 Å². The van der Waals surface area contributed by atoms with Crippen LogP contribution in [0.1, 0.15) is 43.7 Å². The van der Waals surface area contributed by atoms with Gasteiger partial charge in [-0.3, -0.25) is 4.79 Å². The zero-order chi connectivity index (χ0) is 24.3. The Morgan fingerprint density at radius 3 is 2.06 bits per heavy atom. The molecule has 3 aromatic rings. The van der Waals surface area contributed by atoms with Crippen molar-refractivity contribution in [3.8, 4) is 0 Å². The minimum Gasteiger partial charge on any atom is -0.354 e. The molecule has 0 radical (unpaired) electrons. The molecule has 0 bridgehead atoms. The summed E-state index contributed by atoms with van der Waals surface area (Å²) in [5, 5.41) is 8.72. The second kappa shape index (κ2) is 12.9. The van der Waals surface area contributed by atoms with Gasteiger partial charge in [-0.25, -0.2) is 4.79 Å². The van der Waals surface area contributed by atoms with Crippen LogP contribution in [0.2, 0.25) is 0 Å². The highest BCUT2D eigenvalue weighted by Gasteiger charge is 2.26. The molecular weight excluding hydrogens is 490 g/mol. The van der Waals surface area contributed by atoms with Crippen molar-refractivity contribution in [1.29, 1.82) is 0 Å². The van der Waals surface area contributed by atoms with Gasteiger partial charge >= 0.3 is 6.03 Å². The lowest BCUT2D eigenvalue weighted by molar-refractivity contribution is -0.124. The Bertz CT molecular complexity index is 1020. The largest absolute Gasteiger partial charge is 0.354 e. The number of halogens is 1. The van der Waals surface area contributed by atoms with E-state index in [9.17, 15) is 9.59 Å². The Morgan fingerprint density at radius 2 is 1.50 bits per heavy atom. The molecule has 2 atom stereocenters. The number of hydrogen-bond donors (Lipinski definition) is 3. The third-order valence-corrected chi connectivity index (χ3v) is 6.49. The van der Waals surface area contributed by atoms with E-state index in [0.717, 1.165) is 17.3 Å². The molecule has 0 aliphatic heterocycles. The summed E-state index contributed by atoms with van der Waals surface area (Å²) in [6, 6.07) is 27.0. The number of hydrogen-bond acceptors (Lipinski definition) is 2. The number of amides is 3. The molecule has 3 rings (SSSR count). The fourth-order valence-electron chi connectivity index (χ4n) is 3.92. The summed E-state index contributed by atoms with van der Waals surface area (Å²) in [6.07, 6.45) is 1.53. The lowest BCUT2D eigenvalue weighted by atomic mass is 9.88. The molecule has 6 heteroatoms. The van der Waals surface area contributed by atoms with E-state index in [1.807, 2.05) is 68.4 Å². The van der Waals surface area contributed by atoms with Crippen LogP contribution in [0, 0.1) is 5.92 Å². The van der Waals surface area contributed by atoms with Crippen LogP contribution in [0.3, 0.4) is 0 Å². The van der Waals surface area contributed by atoms with E-state index in [2.05, 4.69) is 56.1 Å². The van der Waals surface area contributed by atoms with E-state index in [-0.39, 0.29) is 17.7 Å². The van der Waals surface area contributed by atoms with Crippen molar-refractivity contribution in [1.82, 2.24) is 10.6 Å². The van der Waals surface area contributed by atoms with Crippen LogP contribution in [0.4, 0.5) is 10.5 Å². The number of carbonyl (C=O) groups is 2. The van der Waals surface area contributed by atoms with Crippen molar-refractivity contribution < 1.29 is 9.59 Å². The summed E-state index contributed by atoms with van der Waals surface area (Å²) in [5.74, 6) is 0.00320. The summed E-state index contributed by atoms with van der Waals surface area (Å²) in [5.41, 5.74) is 3.09. The summed E-state index contributed by atoms with van der Waals surface area (Å²) < 4.78 is 0.868. The van der Waals surface area contributed by atoms with Crippen LogP contribution in [0.25, 0.3) is 0 Å². The van der Waals surface area contributed by atoms with Crippen molar-refractivity contribution >= 4 is 33.6 Å². The van der Waals surface area contributed by atoms with E-state index in [1.54, 1.807) is 6.07 Å². The predicted molar refractivity (Wildman–Crippen MR) is 142 cm³/mol. The zero-order valence-corrected chi connectivity index (χ0v) is 21.2. The zero-order valence-electron chi connectivity index (χ0n) is 19.6. The first-order valence-corrected chi connectivity index (χ1v) is 12.5. The highest BCUT2D eigenvalue weighted by Crippen LogP contribution is 2.27. The van der Waals surface area contributed by atoms with Crippen LogP contribution in [0.5, 0.6) is 0 Å². The minimum atomic E-state index is -0.621. The molecule has 3 N–H and O–H groups in total. The van der Waals surface area contributed by atoms with Gasteiger partial charge in [-0.1, -0.05) is 103 Å². The van der Waals surface area contributed by atoms with E-state index in [4.69, 9.17) is 0 Å². The number of benzene rings is 3. The Balaban J connectivity index is 1.62. The molecule has 178 valence electrons. The molecular formula is C28H32BrN3O2. The molecule has 0 aromatic heterocycles. The summed E-state index contributed by atoms with van der Waals surface area (Å²) in [7, 11) is 0. The monoisotopic (exact) mass is 521 g/mol. The topological polar surface area (TPSA) is 70.2 Å². The van der Waals surface area contributed by atoms with Crippen molar-refractivity contribution in [3.05, 3.63) is 101 Å². The van der Waals surface area contributed by atoms with Gasteiger partial charge in [0.05, 0.1) is 0 Å². The van der Waals surface area contributed by atoms with Crippen molar-refractivity contribution in [2.75, 3.05) is 11.9 Å². The van der Waals surface area contributed by atoms with Gasteiger partial charge in [-0.2, -0.15) is 0 Å². The van der Waals surface area contributed by atoms with E-state index in [0.29, 0.717) is 12.2 Å². The van der Waals surface area contributed by atoms with Gasteiger partial charge in [0, 0.05) is 22.6 Å². The highest BCUT2D eigenvalue weighted by atomic mass is 79.9. The Kier molecular flexibility index (Phi) is 9.71. The quantitative estimate of drug-likeness (QED) is 0.292. The van der Waals surface area contributed by atoms with Crippen LogP contribution < -0.4 is 16.0 Å². The molecule has 0 aliphatic rings. The first kappa shape index (κ1) is 25.5. The Morgan fingerprint density at radius 1 is 0.882 bits per heavy atom. The fraction of sp³-hybridized carbons (Fsp3) is 0.286. The van der Waals surface area contributed by atoms with Crippen LogP contribution in [-0.4, -0.2) is 24.5 Å². The summed E-state index contributed by atoms with van der Waals surface area (Å²) in [6.45, 7) is 4.50. The molecule has 34 heavy (non-hydrogen) atoms. The SMILES string of the molecule is CCC(C)C(NC(=O)Nc1cccc(Br)c1)C(=O)NCCC(c1ccccc1)c1ccccc1. The van der Waals surface area contributed by atoms with Gasteiger partial charge in [0.1, 0.15) is 6.04 Å². The van der Waals surface area contributed by atoms with Gasteiger partial charge < -0.3 is 16.0 Å². The third kappa shape index (κ3) is 7.45. The molecule has 3 amide bonds. The highest BCUT2D eigenvalue weighted by molar-refractivity contribution is 9.10. The minimum absolute atomic E-state index is 0.00713. The second-order valence-corrected chi connectivity index (χ2v) is 9.34. The number of urea groups is 1. The summed E-state index contributed by atoms with van der Waals surface area (Å²) >= 11 is 3.40. The maximum Gasteiger partial charge on any atom is 0.319 e. The second-order valence-electron chi connectivity index (χ2n) is 8.43. The number of carbonyl (C=O) groups excluding carboxylic acids is 2. The van der Waals surface area contributed by atoms with Crippen molar-refractivity contribution in [2.45, 2.75) is 38.6 Å².